The van der Waals surface area contributed by atoms with Crippen molar-refractivity contribution in [2.24, 2.45) is 0 Å². The first-order valence-corrected chi connectivity index (χ1v) is 13.8. The number of halogens is 2. The van der Waals surface area contributed by atoms with Gasteiger partial charge in [-0.1, -0.05) is 23.2 Å². The third-order valence-corrected chi connectivity index (χ3v) is 6.36. The molecule has 1 aliphatic rings. The number of anilines is 1. The monoisotopic (exact) mass is 602 g/mol. The normalized spacial score (nSPS) is 13.5. The maximum atomic E-state index is 13.7. The SMILES string of the molecule is Cc1cc(Cl)cc(C(=O)NC(C)C)c1NC(=O)c1cc(OC2CN(C(=O)OC(C)(C)C)C2)nn1-c1ncccc1Cl. The zero-order valence-corrected chi connectivity index (χ0v) is 25.1. The zero-order chi connectivity index (χ0) is 30.1. The van der Waals surface area contributed by atoms with Crippen LogP contribution in [0, 0.1) is 6.92 Å². The number of nitrogens with zero attached hydrogens (tertiary/aromatic N) is 4. The minimum atomic E-state index is -0.607. The maximum Gasteiger partial charge on any atom is 0.410 e. The van der Waals surface area contributed by atoms with Gasteiger partial charge in [-0.3, -0.25) is 9.59 Å². The van der Waals surface area contributed by atoms with Crippen LogP contribution in [0.25, 0.3) is 5.82 Å². The number of carbonyl (C=O) groups is 3. The Bertz CT molecular complexity index is 1480. The molecule has 218 valence electrons. The van der Waals surface area contributed by atoms with Crippen LogP contribution < -0.4 is 15.4 Å². The van der Waals surface area contributed by atoms with E-state index in [2.05, 4.69) is 20.7 Å². The maximum absolute atomic E-state index is 13.7. The van der Waals surface area contributed by atoms with Crippen molar-refractivity contribution in [1.82, 2.24) is 25.0 Å². The van der Waals surface area contributed by atoms with Crippen molar-refractivity contribution < 1.29 is 23.9 Å². The molecule has 41 heavy (non-hydrogen) atoms. The molecule has 3 aromatic rings. The fourth-order valence-electron chi connectivity index (χ4n) is 4.04. The number of pyridine rings is 1. The molecule has 4 rings (SSSR count). The average molecular weight is 604 g/mol. The van der Waals surface area contributed by atoms with Gasteiger partial charge in [0.15, 0.2) is 5.82 Å². The molecule has 11 nitrogen and oxygen atoms in total. The lowest BCUT2D eigenvalue weighted by Gasteiger charge is -2.38. The molecule has 0 saturated carbocycles. The van der Waals surface area contributed by atoms with Crippen molar-refractivity contribution >= 4 is 46.8 Å². The standard InChI is InChI=1S/C28H32Cl2N6O5/c1-15(2)32-25(37)19-11-17(29)10-16(3)23(19)33-26(38)21-12-22(34-36(21)24-20(30)8-7-9-31-24)40-18-13-35(14-18)27(39)41-28(4,5)6/h7-12,15,18H,13-14H2,1-6H3,(H,32,37)(H,33,38). The fraction of sp³-hybridized carbons (Fsp3) is 0.393. The van der Waals surface area contributed by atoms with E-state index in [-0.39, 0.29) is 46.0 Å². The summed E-state index contributed by atoms with van der Waals surface area (Å²) in [6.45, 7) is 11.4. The molecule has 2 N–H and O–H groups in total. The summed E-state index contributed by atoms with van der Waals surface area (Å²) in [5.74, 6) is -0.618. The number of ether oxygens (including phenoxy) is 2. The second kappa shape index (κ2) is 12.0. The van der Waals surface area contributed by atoms with E-state index in [1.165, 1.54) is 27.9 Å². The first kappa shape index (κ1) is 30.1. The molecule has 3 amide bonds. The minimum absolute atomic E-state index is 0.0634. The van der Waals surface area contributed by atoms with E-state index in [1.54, 1.807) is 45.9 Å². The largest absolute Gasteiger partial charge is 0.469 e. The van der Waals surface area contributed by atoms with Gasteiger partial charge in [0.05, 0.1) is 29.4 Å². The van der Waals surface area contributed by atoms with E-state index in [0.29, 0.717) is 29.4 Å². The summed E-state index contributed by atoms with van der Waals surface area (Å²) in [4.78, 5) is 44.7. The van der Waals surface area contributed by atoms with Crippen LogP contribution in [0.5, 0.6) is 5.88 Å². The van der Waals surface area contributed by atoms with Gasteiger partial charge in [0, 0.05) is 23.3 Å². The van der Waals surface area contributed by atoms with Crippen molar-refractivity contribution in [1.29, 1.82) is 0 Å². The zero-order valence-electron chi connectivity index (χ0n) is 23.6. The molecule has 0 atom stereocenters. The number of likely N-dealkylation sites (tertiary alicyclic amines) is 1. The number of aromatic nitrogens is 3. The van der Waals surface area contributed by atoms with E-state index in [4.69, 9.17) is 32.7 Å². The number of benzene rings is 1. The summed E-state index contributed by atoms with van der Waals surface area (Å²) in [5.41, 5.74) is 0.562. The Morgan fingerprint density at radius 2 is 1.80 bits per heavy atom. The van der Waals surface area contributed by atoms with Crippen LogP contribution in [0.2, 0.25) is 10.0 Å². The number of nitrogens with one attached hydrogen (secondary N) is 2. The van der Waals surface area contributed by atoms with E-state index in [0.717, 1.165) is 0 Å². The Hall–Kier alpha value is -3.83. The Balaban J connectivity index is 1.61. The highest BCUT2D eigenvalue weighted by atomic mass is 35.5. The van der Waals surface area contributed by atoms with E-state index < -0.39 is 17.6 Å². The molecule has 0 unspecified atom stereocenters. The third kappa shape index (κ3) is 7.28. The molecule has 0 spiro atoms. The summed E-state index contributed by atoms with van der Waals surface area (Å²) < 4.78 is 12.6. The Labute approximate surface area is 248 Å². The van der Waals surface area contributed by atoms with Gasteiger partial charge in [-0.25, -0.2) is 14.5 Å². The van der Waals surface area contributed by atoms with Gasteiger partial charge >= 0.3 is 6.09 Å². The van der Waals surface area contributed by atoms with Gasteiger partial charge in [-0.05, 0) is 71.4 Å². The van der Waals surface area contributed by atoms with Crippen LogP contribution in [-0.4, -0.2) is 68.4 Å². The number of hydrogen-bond acceptors (Lipinski definition) is 7. The van der Waals surface area contributed by atoms with Crippen LogP contribution in [0.1, 0.15) is 61.0 Å². The summed E-state index contributed by atoms with van der Waals surface area (Å²) in [7, 11) is 0. The number of rotatable bonds is 7. The molecule has 0 bridgehead atoms. The average Bonchev–Trinajstić information content (AvgIpc) is 3.25. The van der Waals surface area contributed by atoms with Gasteiger partial charge in [-0.15, -0.1) is 5.10 Å². The van der Waals surface area contributed by atoms with Crippen LogP contribution in [0.3, 0.4) is 0 Å². The highest BCUT2D eigenvalue weighted by Gasteiger charge is 2.36. The quantitative estimate of drug-likeness (QED) is 0.377. The lowest BCUT2D eigenvalue weighted by molar-refractivity contribution is -0.0233. The molecule has 0 aliphatic carbocycles. The molecule has 1 aromatic carbocycles. The molecule has 2 aromatic heterocycles. The van der Waals surface area contributed by atoms with Crippen molar-refractivity contribution in [3.63, 3.8) is 0 Å². The summed E-state index contributed by atoms with van der Waals surface area (Å²) in [5, 5.41) is 10.7. The smallest absolute Gasteiger partial charge is 0.410 e. The Morgan fingerprint density at radius 1 is 1.10 bits per heavy atom. The fourth-order valence-corrected chi connectivity index (χ4v) is 4.51. The van der Waals surface area contributed by atoms with Gasteiger partial charge in [-0.2, -0.15) is 0 Å². The van der Waals surface area contributed by atoms with Gasteiger partial charge in [0.1, 0.15) is 17.4 Å². The predicted octanol–water partition coefficient (Wildman–Crippen LogP) is 5.27. The number of amides is 3. The van der Waals surface area contributed by atoms with E-state index in [9.17, 15) is 14.4 Å². The third-order valence-electron chi connectivity index (χ3n) is 5.85. The van der Waals surface area contributed by atoms with Crippen molar-refractivity contribution in [2.75, 3.05) is 18.4 Å². The second-order valence-electron chi connectivity index (χ2n) is 10.9. The van der Waals surface area contributed by atoms with Crippen LogP contribution >= 0.6 is 23.2 Å². The van der Waals surface area contributed by atoms with E-state index >= 15 is 0 Å². The van der Waals surface area contributed by atoms with Gasteiger partial charge in [0.2, 0.25) is 5.88 Å². The molecule has 1 fully saturated rings. The van der Waals surface area contributed by atoms with Crippen LogP contribution in [0.4, 0.5) is 10.5 Å². The first-order valence-electron chi connectivity index (χ1n) is 13.0. The number of hydrogen-bond donors (Lipinski definition) is 2. The van der Waals surface area contributed by atoms with Crippen LogP contribution in [0.15, 0.2) is 36.5 Å². The predicted molar refractivity (Wildman–Crippen MR) is 155 cm³/mol. The van der Waals surface area contributed by atoms with Crippen molar-refractivity contribution in [2.45, 2.75) is 59.3 Å². The second-order valence-corrected chi connectivity index (χ2v) is 11.8. The highest BCUT2D eigenvalue weighted by molar-refractivity contribution is 6.32. The summed E-state index contributed by atoms with van der Waals surface area (Å²) in [6, 6.07) is 7.75. The van der Waals surface area contributed by atoms with Gasteiger partial charge in [0.25, 0.3) is 11.8 Å². The molecule has 0 radical (unpaired) electrons. The molecular weight excluding hydrogens is 571 g/mol. The molecule has 1 aliphatic heterocycles. The van der Waals surface area contributed by atoms with Crippen molar-refractivity contribution in [3.05, 3.63) is 63.4 Å². The first-order chi connectivity index (χ1) is 19.2. The lowest BCUT2D eigenvalue weighted by Crippen LogP contribution is -2.57. The Morgan fingerprint density at radius 3 is 2.44 bits per heavy atom. The number of carbonyl (C=O) groups excluding carboxylic acids is 3. The lowest BCUT2D eigenvalue weighted by atomic mass is 10.1. The highest BCUT2D eigenvalue weighted by Crippen LogP contribution is 2.29. The van der Waals surface area contributed by atoms with Crippen LogP contribution in [-0.2, 0) is 4.74 Å². The topological polar surface area (TPSA) is 128 Å². The Kier molecular flexibility index (Phi) is 8.79. The molecule has 13 heteroatoms. The molecule has 3 heterocycles. The summed E-state index contributed by atoms with van der Waals surface area (Å²) in [6.07, 6.45) is 0.734. The van der Waals surface area contributed by atoms with E-state index in [1.807, 2.05) is 13.8 Å². The summed E-state index contributed by atoms with van der Waals surface area (Å²) >= 11 is 12.6. The minimum Gasteiger partial charge on any atom is -0.469 e. The molecule has 1 saturated heterocycles. The van der Waals surface area contributed by atoms with Crippen molar-refractivity contribution in [3.8, 4) is 11.7 Å². The number of aryl methyl sites for hydroxylation is 1. The molecular formula is C28H32Cl2N6O5. The van der Waals surface area contributed by atoms with Gasteiger partial charge < -0.3 is 25.0 Å².